The molecule has 4 rings (SSSR count). The van der Waals surface area contributed by atoms with Gasteiger partial charge < -0.3 is 9.11 Å². The van der Waals surface area contributed by atoms with Crippen molar-refractivity contribution in [1.82, 2.24) is 0 Å². The molecule has 0 aliphatic rings. The van der Waals surface area contributed by atoms with Gasteiger partial charge in [0.2, 0.25) is 0 Å². The van der Waals surface area contributed by atoms with E-state index in [2.05, 4.69) is 0 Å². The number of fused-ring (bicyclic) bond motifs is 2. The van der Waals surface area contributed by atoms with E-state index in [1.165, 1.54) is 12.1 Å². The Morgan fingerprint density at radius 3 is 1.21 bits per heavy atom. The second kappa shape index (κ2) is 10.4. The van der Waals surface area contributed by atoms with Crippen LogP contribution in [0.2, 0.25) is 0 Å². The third kappa shape index (κ3) is 6.33. The Kier molecular flexibility index (Phi) is 8.73. The predicted molar refractivity (Wildman–Crippen MR) is 129 cm³/mol. The summed E-state index contributed by atoms with van der Waals surface area (Å²) >= 11 is 0. The molecule has 0 N–H and O–H groups in total. The van der Waals surface area contributed by atoms with Gasteiger partial charge in [-0.1, -0.05) is 48.5 Å². The minimum Gasteiger partial charge on any atom is -0.744 e. The smallest absolute Gasteiger partial charge is 0.744 e. The van der Waals surface area contributed by atoms with Gasteiger partial charge in [-0.15, -0.1) is 0 Å². The van der Waals surface area contributed by atoms with Crippen LogP contribution in [-0.2, 0) is 20.2 Å². The van der Waals surface area contributed by atoms with Crippen LogP contribution in [0.1, 0.15) is 22.3 Å². The summed E-state index contributed by atoms with van der Waals surface area (Å²) in [7, 11) is -8.85. The fraction of sp³-hybridized carbons (Fsp3) is 0.167. The third-order valence-corrected chi connectivity index (χ3v) is 6.85. The molecule has 0 heterocycles. The zero-order valence-corrected chi connectivity index (χ0v) is 22.6. The SMILES string of the molecule is Cc1cc(S(=O)(=O)[O-])c2c(C)cccc2c1.Cc1cc(S(=O)(=O)[O-])c2c(C)cccc2c1.[Ca+2]. The molecule has 0 aliphatic carbocycles. The van der Waals surface area contributed by atoms with Crippen LogP contribution >= 0.6 is 0 Å². The van der Waals surface area contributed by atoms with Gasteiger partial charge in [0.05, 0.1) is 9.79 Å². The minimum atomic E-state index is -4.42. The summed E-state index contributed by atoms with van der Waals surface area (Å²) in [6.07, 6.45) is 0. The maximum Gasteiger partial charge on any atom is 2.00 e. The molecule has 4 aromatic rings. The van der Waals surface area contributed by atoms with Crippen molar-refractivity contribution in [1.29, 1.82) is 0 Å². The molecule has 0 atom stereocenters. The Bertz CT molecular complexity index is 1440. The Labute approximate surface area is 224 Å². The van der Waals surface area contributed by atoms with Crippen LogP contribution < -0.4 is 0 Å². The first-order valence-corrected chi connectivity index (χ1v) is 12.5. The molecule has 0 saturated carbocycles. The number of hydrogen-bond acceptors (Lipinski definition) is 6. The largest absolute Gasteiger partial charge is 2.00 e. The van der Waals surface area contributed by atoms with Crippen molar-refractivity contribution >= 4 is 79.5 Å². The van der Waals surface area contributed by atoms with Crippen LogP contribution in [0.15, 0.2) is 70.5 Å². The average Bonchev–Trinajstić information content (AvgIpc) is 2.66. The molecule has 4 aromatic carbocycles. The summed E-state index contributed by atoms with van der Waals surface area (Å²) in [6.45, 7) is 7.14. The van der Waals surface area contributed by atoms with E-state index in [1.54, 1.807) is 39.8 Å². The van der Waals surface area contributed by atoms with Crippen molar-refractivity contribution in [3.63, 3.8) is 0 Å². The summed E-state index contributed by atoms with van der Waals surface area (Å²) < 4.78 is 67.2. The molecule has 0 unspecified atom stereocenters. The van der Waals surface area contributed by atoms with Gasteiger partial charge in [0, 0.05) is 10.8 Å². The second-order valence-corrected chi connectivity index (χ2v) is 10.5. The fourth-order valence-corrected chi connectivity index (χ4v) is 5.54. The van der Waals surface area contributed by atoms with Crippen molar-refractivity contribution in [2.75, 3.05) is 0 Å². The van der Waals surface area contributed by atoms with E-state index in [4.69, 9.17) is 0 Å². The van der Waals surface area contributed by atoms with E-state index < -0.39 is 20.2 Å². The third-order valence-electron chi connectivity index (χ3n) is 5.13. The van der Waals surface area contributed by atoms with Gasteiger partial charge in [0.1, 0.15) is 20.2 Å². The molecule has 0 aliphatic heterocycles. The molecular formula is C24H22CaO6S2. The van der Waals surface area contributed by atoms with Crippen molar-refractivity contribution < 1.29 is 25.9 Å². The van der Waals surface area contributed by atoms with Gasteiger partial charge in [-0.2, -0.15) is 0 Å². The Morgan fingerprint density at radius 1 is 0.576 bits per heavy atom. The zero-order valence-electron chi connectivity index (χ0n) is 18.7. The molecule has 168 valence electrons. The normalized spacial score (nSPS) is 11.6. The topological polar surface area (TPSA) is 114 Å². The van der Waals surface area contributed by atoms with Crippen molar-refractivity contribution in [2.24, 2.45) is 0 Å². The number of hydrogen-bond donors (Lipinski definition) is 0. The van der Waals surface area contributed by atoms with Gasteiger partial charge in [0.15, 0.2) is 0 Å². The van der Waals surface area contributed by atoms with E-state index in [9.17, 15) is 25.9 Å². The molecule has 0 amide bonds. The molecule has 0 fully saturated rings. The standard InChI is InChI=1S/2C12H12O3S.Ca/c2*1-8-6-10-5-3-4-9(2)12(10)11(7-8)16(13,14)15;/h2*3-7H,1-2H3,(H,13,14,15);/q;;+2/p-2. The van der Waals surface area contributed by atoms with Gasteiger partial charge in [0.25, 0.3) is 0 Å². The summed E-state index contributed by atoms with van der Waals surface area (Å²) in [5.74, 6) is 0. The van der Waals surface area contributed by atoms with Crippen molar-refractivity contribution in [2.45, 2.75) is 37.5 Å². The van der Waals surface area contributed by atoms with Gasteiger partial charge in [-0.25, -0.2) is 16.8 Å². The Morgan fingerprint density at radius 2 is 0.909 bits per heavy atom. The van der Waals surface area contributed by atoms with Crippen LogP contribution in [0.5, 0.6) is 0 Å². The average molecular weight is 511 g/mol. The Balaban J connectivity index is 0.000000227. The minimum absolute atomic E-state index is 0. The summed E-state index contributed by atoms with van der Waals surface area (Å²) in [4.78, 5) is -0.249. The Hall–Kier alpha value is -1.52. The molecule has 6 nitrogen and oxygen atoms in total. The van der Waals surface area contributed by atoms with E-state index in [0.29, 0.717) is 10.8 Å². The van der Waals surface area contributed by atoms with Crippen LogP contribution in [0.25, 0.3) is 21.5 Å². The van der Waals surface area contributed by atoms with E-state index in [1.807, 2.05) is 36.4 Å². The van der Waals surface area contributed by atoms with E-state index >= 15 is 0 Å². The quantitative estimate of drug-likeness (QED) is 0.293. The van der Waals surface area contributed by atoms with Crippen molar-refractivity contribution in [3.05, 3.63) is 82.9 Å². The second-order valence-electron chi connectivity index (χ2n) is 7.78. The van der Waals surface area contributed by atoms with E-state index in [0.717, 1.165) is 33.0 Å². The maximum atomic E-state index is 11.2. The summed E-state index contributed by atoms with van der Waals surface area (Å²) in [6, 6.07) is 17.5. The molecule has 0 spiro atoms. The molecular weight excluding hydrogens is 488 g/mol. The number of benzene rings is 4. The first kappa shape index (κ1) is 27.7. The summed E-state index contributed by atoms with van der Waals surface area (Å²) in [5.41, 5.74) is 3.14. The molecule has 9 heteroatoms. The van der Waals surface area contributed by atoms with Gasteiger partial charge >= 0.3 is 37.7 Å². The van der Waals surface area contributed by atoms with Crippen molar-refractivity contribution in [3.8, 4) is 0 Å². The zero-order chi connectivity index (χ0) is 23.8. The van der Waals surface area contributed by atoms with Crippen LogP contribution in [0, 0.1) is 27.7 Å². The van der Waals surface area contributed by atoms with Gasteiger partial charge in [-0.3, -0.25) is 0 Å². The number of rotatable bonds is 2. The molecule has 0 aromatic heterocycles. The first-order valence-electron chi connectivity index (χ1n) is 9.71. The predicted octanol–water partition coefficient (Wildman–Crippen LogP) is 4.34. The first-order chi connectivity index (χ1) is 14.8. The van der Waals surface area contributed by atoms with Gasteiger partial charge in [-0.05, 0) is 72.9 Å². The van der Waals surface area contributed by atoms with Crippen LogP contribution in [-0.4, -0.2) is 63.7 Å². The fourth-order valence-electron chi connectivity index (χ4n) is 3.82. The molecule has 33 heavy (non-hydrogen) atoms. The van der Waals surface area contributed by atoms with Crippen LogP contribution in [0.3, 0.4) is 0 Å². The maximum absolute atomic E-state index is 11.2. The molecule has 0 bridgehead atoms. The monoisotopic (exact) mass is 510 g/mol. The summed E-state index contributed by atoms with van der Waals surface area (Å²) in [5, 5.41) is 2.63. The molecule has 0 saturated heterocycles. The van der Waals surface area contributed by atoms with E-state index in [-0.39, 0.29) is 47.5 Å². The van der Waals surface area contributed by atoms with Crippen LogP contribution in [0.4, 0.5) is 0 Å². The number of aryl methyl sites for hydroxylation is 4. The molecule has 0 radical (unpaired) electrons.